The molecule has 6 heteroatoms. The van der Waals surface area contributed by atoms with Crippen LogP contribution in [0, 0.1) is 5.92 Å². The van der Waals surface area contributed by atoms with E-state index in [1.807, 2.05) is 30.3 Å². The molecule has 0 bridgehead atoms. The molecule has 126 valence electrons. The number of nitrogens with zero attached hydrogens (tertiary/aromatic N) is 1. The first-order valence-electron chi connectivity index (χ1n) is 7.68. The van der Waals surface area contributed by atoms with Gasteiger partial charge in [-0.1, -0.05) is 30.3 Å². The van der Waals surface area contributed by atoms with Crippen LogP contribution in [-0.4, -0.2) is 50.4 Å². The first-order valence-corrected chi connectivity index (χ1v) is 7.68. The largest absolute Gasteiger partial charge is 0.445 e. The predicted molar refractivity (Wildman–Crippen MR) is 83.7 cm³/mol. The van der Waals surface area contributed by atoms with Crippen LogP contribution in [-0.2, 0) is 25.6 Å². The second kappa shape index (κ2) is 8.64. The minimum absolute atomic E-state index is 0.103. The number of methoxy groups -OCH3 is 2. The molecular formula is C17H23NO5. The molecule has 1 saturated heterocycles. The number of ketones is 1. The fraction of sp³-hybridized carbons (Fsp3) is 0.529. The van der Waals surface area contributed by atoms with Crippen molar-refractivity contribution in [3.05, 3.63) is 35.9 Å². The third-order valence-corrected chi connectivity index (χ3v) is 3.95. The summed E-state index contributed by atoms with van der Waals surface area (Å²) in [6.07, 6.45) is 0.195. The summed E-state index contributed by atoms with van der Waals surface area (Å²) in [7, 11) is 3.10. The van der Waals surface area contributed by atoms with Gasteiger partial charge in [-0.25, -0.2) is 4.79 Å². The number of Topliss-reactive ketones (excluding diaryl/α,β-unsaturated/α-hetero) is 1. The van der Waals surface area contributed by atoms with E-state index in [4.69, 9.17) is 14.2 Å². The van der Waals surface area contributed by atoms with Crippen molar-refractivity contribution in [2.45, 2.75) is 25.7 Å². The standard InChI is InChI=1S/C17H23NO5/c1-21-16(22-2)9-8-15(19)14-10-18(11-14)17(20)23-12-13-6-4-3-5-7-13/h3-7,14,16H,8-12H2,1-2H3. The molecule has 0 spiro atoms. The zero-order valence-corrected chi connectivity index (χ0v) is 13.6. The first kappa shape index (κ1) is 17.4. The third-order valence-electron chi connectivity index (χ3n) is 3.95. The van der Waals surface area contributed by atoms with Crippen LogP contribution in [0.15, 0.2) is 30.3 Å². The van der Waals surface area contributed by atoms with Gasteiger partial charge in [-0.05, 0) is 5.56 Å². The SMILES string of the molecule is COC(CCC(=O)C1CN(C(=O)OCc2ccccc2)C1)OC. The Morgan fingerprint density at radius 1 is 1.17 bits per heavy atom. The maximum absolute atomic E-state index is 12.0. The van der Waals surface area contributed by atoms with Gasteiger partial charge in [0, 0.05) is 40.2 Å². The maximum Gasteiger partial charge on any atom is 0.410 e. The minimum atomic E-state index is -0.371. The van der Waals surface area contributed by atoms with Gasteiger partial charge < -0.3 is 19.1 Å². The van der Waals surface area contributed by atoms with Crippen LogP contribution >= 0.6 is 0 Å². The highest BCUT2D eigenvalue weighted by Gasteiger charge is 2.36. The molecule has 1 aromatic rings. The van der Waals surface area contributed by atoms with Crippen molar-refractivity contribution in [1.29, 1.82) is 0 Å². The normalized spacial score (nSPS) is 14.7. The molecule has 0 atom stereocenters. The molecular weight excluding hydrogens is 298 g/mol. The third kappa shape index (κ3) is 5.04. The van der Waals surface area contributed by atoms with Crippen molar-refractivity contribution >= 4 is 11.9 Å². The molecule has 1 aliphatic heterocycles. The smallest absolute Gasteiger partial charge is 0.410 e. The molecule has 6 nitrogen and oxygen atoms in total. The van der Waals surface area contributed by atoms with Crippen LogP contribution in [0.5, 0.6) is 0 Å². The van der Waals surface area contributed by atoms with Gasteiger partial charge in [0.15, 0.2) is 6.29 Å². The number of rotatable bonds is 8. The molecule has 0 radical (unpaired) electrons. The fourth-order valence-electron chi connectivity index (χ4n) is 2.44. The summed E-state index contributed by atoms with van der Waals surface area (Å²) in [6, 6.07) is 9.51. The molecule has 0 saturated carbocycles. The molecule has 23 heavy (non-hydrogen) atoms. The number of hydrogen-bond acceptors (Lipinski definition) is 5. The van der Waals surface area contributed by atoms with Crippen molar-refractivity contribution < 1.29 is 23.8 Å². The quantitative estimate of drug-likeness (QED) is 0.687. The lowest BCUT2D eigenvalue weighted by Crippen LogP contribution is -2.53. The summed E-state index contributed by atoms with van der Waals surface area (Å²) in [5.74, 6) is 0.0323. The summed E-state index contributed by atoms with van der Waals surface area (Å²) in [5, 5.41) is 0. The van der Waals surface area contributed by atoms with Crippen molar-refractivity contribution in [3.8, 4) is 0 Å². The lowest BCUT2D eigenvalue weighted by Gasteiger charge is -2.37. The molecule has 0 aliphatic carbocycles. The van der Waals surface area contributed by atoms with Crippen molar-refractivity contribution in [2.75, 3.05) is 27.3 Å². The highest BCUT2D eigenvalue weighted by Crippen LogP contribution is 2.20. The Morgan fingerprint density at radius 2 is 1.83 bits per heavy atom. The highest BCUT2D eigenvalue weighted by atomic mass is 16.7. The highest BCUT2D eigenvalue weighted by molar-refractivity contribution is 5.84. The van der Waals surface area contributed by atoms with Gasteiger partial charge in [-0.3, -0.25) is 4.79 Å². The van der Waals surface area contributed by atoms with Gasteiger partial charge >= 0.3 is 6.09 Å². The summed E-state index contributed by atoms with van der Waals surface area (Å²) in [6.45, 7) is 1.10. The van der Waals surface area contributed by atoms with E-state index >= 15 is 0 Å². The number of likely N-dealkylation sites (tertiary alicyclic amines) is 1. The topological polar surface area (TPSA) is 65.1 Å². The minimum Gasteiger partial charge on any atom is -0.445 e. The van der Waals surface area contributed by atoms with Crippen molar-refractivity contribution in [1.82, 2.24) is 4.90 Å². The van der Waals surface area contributed by atoms with Crippen LogP contribution in [0.25, 0.3) is 0 Å². The summed E-state index contributed by atoms with van der Waals surface area (Å²) in [5.41, 5.74) is 0.944. The first-order chi connectivity index (χ1) is 11.1. The van der Waals surface area contributed by atoms with Crippen LogP contribution in [0.1, 0.15) is 18.4 Å². The molecule has 2 rings (SSSR count). The Kier molecular flexibility index (Phi) is 6.55. The van der Waals surface area contributed by atoms with Crippen molar-refractivity contribution in [3.63, 3.8) is 0 Å². The summed E-state index contributed by atoms with van der Waals surface area (Å²) >= 11 is 0. The van der Waals surface area contributed by atoms with E-state index in [9.17, 15) is 9.59 Å². The van der Waals surface area contributed by atoms with E-state index < -0.39 is 0 Å². The molecule has 1 fully saturated rings. The van der Waals surface area contributed by atoms with E-state index in [0.29, 0.717) is 25.9 Å². The fourth-order valence-corrected chi connectivity index (χ4v) is 2.44. The Balaban J connectivity index is 1.65. The molecule has 1 aromatic carbocycles. The summed E-state index contributed by atoms with van der Waals surface area (Å²) in [4.78, 5) is 25.4. The number of benzene rings is 1. The average Bonchev–Trinajstić information content (AvgIpc) is 2.53. The van der Waals surface area contributed by atoms with Gasteiger partial charge in [-0.15, -0.1) is 0 Å². The van der Waals surface area contributed by atoms with Gasteiger partial charge in [0.1, 0.15) is 12.4 Å². The monoisotopic (exact) mass is 321 g/mol. The van der Waals surface area contributed by atoms with Crippen LogP contribution < -0.4 is 0 Å². The average molecular weight is 321 g/mol. The van der Waals surface area contributed by atoms with Crippen molar-refractivity contribution in [2.24, 2.45) is 5.92 Å². The van der Waals surface area contributed by atoms with Gasteiger partial charge in [0.2, 0.25) is 0 Å². The van der Waals surface area contributed by atoms with Gasteiger partial charge in [-0.2, -0.15) is 0 Å². The Bertz CT molecular complexity index is 509. The second-order valence-corrected chi connectivity index (χ2v) is 5.55. The van der Waals surface area contributed by atoms with E-state index in [-0.39, 0.29) is 30.7 Å². The van der Waals surface area contributed by atoms with Crippen LogP contribution in [0.3, 0.4) is 0 Å². The molecule has 0 aromatic heterocycles. The number of carbonyl (C=O) groups excluding carboxylic acids is 2. The molecule has 1 amide bonds. The molecule has 0 unspecified atom stereocenters. The molecule has 1 aliphatic rings. The van der Waals surface area contributed by atoms with Crippen LogP contribution in [0.2, 0.25) is 0 Å². The Morgan fingerprint density at radius 3 is 2.43 bits per heavy atom. The number of carbonyl (C=O) groups is 2. The number of amides is 1. The predicted octanol–water partition coefficient (Wildman–Crippen LogP) is 2.22. The van der Waals surface area contributed by atoms with E-state index in [0.717, 1.165) is 5.56 Å². The summed E-state index contributed by atoms with van der Waals surface area (Å²) < 4.78 is 15.3. The Hall–Kier alpha value is -1.92. The molecule has 0 N–H and O–H groups in total. The van der Waals surface area contributed by atoms with Gasteiger partial charge in [0.25, 0.3) is 0 Å². The van der Waals surface area contributed by atoms with E-state index in [2.05, 4.69) is 0 Å². The van der Waals surface area contributed by atoms with Gasteiger partial charge in [0.05, 0.1) is 5.92 Å². The lowest BCUT2D eigenvalue weighted by atomic mass is 9.93. The Labute approximate surface area is 136 Å². The van der Waals surface area contributed by atoms with Crippen LogP contribution in [0.4, 0.5) is 4.79 Å². The van der Waals surface area contributed by atoms with E-state index in [1.54, 1.807) is 19.1 Å². The number of ether oxygens (including phenoxy) is 3. The zero-order valence-electron chi connectivity index (χ0n) is 13.6. The molecule has 1 heterocycles. The number of hydrogen-bond donors (Lipinski definition) is 0. The lowest BCUT2D eigenvalue weighted by molar-refractivity contribution is -0.133. The second-order valence-electron chi connectivity index (χ2n) is 5.55. The van der Waals surface area contributed by atoms with E-state index in [1.165, 1.54) is 0 Å². The zero-order chi connectivity index (χ0) is 16.7. The maximum atomic E-state index is 12.0.